The second-order valence-corrected chi connectivity index (χ2v) is 6.26. The standard InChI is InChI=1S/C20H22FNO2/c21-18-9-5-16(6-10-18)14-24-19-11-7-15(8-12-19)13-22-20(23)17-3-1-2-4-17/h5-12,17H,1-4,13-14H2,(H,22,23). The van der Waals surface area contributed by atoms with Gasteiger partial charge in [-0.1, -0.05) is 37.1 Å². The van der Waals surface area contributed by atoms with Gasteiger partial charge in [-0.2, -0.15) is 0 Å². The van der Waals surface area contributed by atoms with Gasteiger partial charge in [-0.15, -0.1) is 0 Å². The number of ether oxygens (including phenoxy) is 1. The van der Waals surface area contributed by atoms with Crippen LogP contribution in [0.5, 0.6) is 5.75 Å². The van der Waals surface area contributed by atoms with Gasteiger partial charge in [0.2, 0.25) is 5.91 Å². The lowest BCUT2D eigenvalue weighted by molar-refractivity contribution is -0.124. The Morgan fingerprint density at radius 3 is 2.29 bits per heavy atom. The predicted octanol–water partition coefficient (Wildman–Crippen LogP) is 4.21. The fraction of sp³-hybridized carbons (Fsp3) is 0.350. The van der Waals surface area contributed by atoms with Crippen LogP contribution in [-0.4, -0.2) is 5.91 Å². The molecule has 1 amide bonds. The maximum Gasteiger partial charge on any atom is 0.223 e. The van der Waals surface area contributed by atoms with E-state index in [0.29, 0.717) is 13.2 Å². The van der Waals surface area contributed by atoms with Crippen LogP contribution in [0.1, 0.15) is 36.8 Å². The number of halogens is 1. The van der Waals surface area contributed by atoms with Gasteiger partial charge in [-0.25, -0.2) is 4.39 Å². The topological polar surface area (TPSA) is 38.3 Å². The first-order chi connectivity index (χ1) is 11.7. The van der Waals surface area contributed by atoms with Crippen LogP contribution < -0.4 is 10.1 Å². The minimum absolute atomic E-state index is 0.170. The van der Waals surface area contributed by atoms with Gasteiger partial charge < -0.3 is 10.1 Å². The Morgan fingerprint density at radius 2 is 1.62 bits per heavy atom. The van der Waals surface area contributed by atoms with Crippen molar-refractivity contribution in [3.05, 3.63) is 65.5 Å². The van der Waals surface area contributed by atoms with Gasteiger partial charge in [0.05, 0.1) is 0 Å². The molecule has 0 unspecified atom stereocenters. The number of carbonyl (C=O) groups excluding carboxylic acids is 1. The summed E-state index contributed by atoms with van der Waals surface area (Å²) in [7, 11) is 0. The summed E-state index contributed by atoms with van der Waals surface area (Å²) in [5, 5.41) is 3.01. The Balaban J connectivity index is 1.46. The lowest BCUT2D eigenvalue weighted by Crippen LogP contribution is -2.28. The van der Waals surface area contributed by atoms with Crippen molar-refractivity contribution in [2.24, 2.45) is 5.92 Å². The Morgan fingerprint density at radius 1 is 1.00 bits per heavy atom. The SMILES string of the molecule is O=C(NCc1ccc(OCc2ccc(F)cc2)cc1)C1CCCC1. The van der Waals surface area contributed by atoms with E-state index in [1.165, 1.54) is 12.1 Å². The van der Waals surface area contributed by atoms with Crippen molar-refractivity contribution in [1.82, 2.24) is 5.32 Å². The van der Waals surface area contributed by atoms with E-state index >= 15 is 0 Å². The molecule has 1 aliphatic carbocycles. The number of nitrogens with one attached hydrogen (secondary N) is 1. The molecule has 0 heterocycles. The number of benzene rings is 2. The first kappa shape index (κ1) is 16.5. The Labute approximate surface area is 141 Å². The van der Waals surface area contributed by atoms with Crippen LogP contribution in [0.2, 0.25) is 0 Å². The molecule has 0 aromatic heterocycles. The zero-order chi connectivity index (χ0) is 16.8. The zero-order valence-electron chi connectivity index (χ0n) is 13.6. The molecular formula is C20H22FNO2. The Kier molecular flexibility index (Phi) is 5.47. The van der Waals surface area contributed by atoms with Gasteiger partial charge in [0.25, 0.3) is 0 Å². The monoisotopic (exact) mass is 327 g/mol. The molecule has 0 radical (unpaired) electrons. The number of carbonyl (C=O) groups is 1. The molecule has 0 atom stereocenters. The molecule has 2 aromatic carbocycles. The molecule has 0 aliphatic heterocycles. The number of rotatable bonds is 6. The quantitative estimate of drug-likeness (QED) is 0.863. The smallest absolute Gasteiger partial charge is 0.223 e. The highest BCUT2D eigenvalue weighted by Crippen LogP contribution is 2.24. The largest absolute Gasteiger partial charge is 0.489 e. The highest BCUT2D eigenvalue weighted by Gasteiger charge is 2.21. The summed E-state index contributed by atoms with van der Waals surface area (Å²) in [4.78, 5) is 12.0. The van der Waals surface area contributed by atoms with Gasteiger partial charge >= 0.3 is 0 Å². The third kappa shape index (κ3) is 4.57. The Bertz CT molecular complexity index is 661. The molecule has 1 N–H and O–H groups in total. The number of amides is 1. The van der Waals surface area contributed by atoms with Crippen LogP contribution in [0.4, 0.5) is 4.39 Å². The van der Waals surface area contributed by atoms with Crippen LogP contribution in [-0.2, 0) is 17.9 Å². The van der Waals surface area contributed by atoms with E-state index in [9.17, 15) is 9.18 Å². The zero-order valence-corrected chi connectivity index (χ0v) is 13.6. The molecule has 3 nitrogen and oxygen atoms in total. The minimum atomic E-state index is -0.247. The van der Waals surface area contributed by atoms with E-state index < -0.39 is 0 Å². The summed E-state index contributed by atoms with van der Waals surface area (Å²) in [5.41, 5.74) is 1.97. The third-order valence-electron chi connectivity index (χ3n) is 4.43. The van der Waals surface area contributed by atoms with E-state index in [-0.39, 0.29) is 17.6 Å². The molecular weight excluding hydrogens is 305 g/mol. The fourth-order valence-electron chi connectivity index (χ4n) is 2.97. The van der Waals surface area contributed by atoms with Gasteiger partial charge in [0.15, 0.2) is 0 Å². The fourth-order valence-corrected chi connectivity index (χ4v) is 2.97. The minimum Gasteiger partial charge on any atom is -0.489 e. The van der Waals surface area contributed by atoms with Crippen molar-refractivity contribution in [3.8, 4) is 5.75 Å². The van der Waals surface area contributed by atoms with Crippen LogP contribution in [0.15, 0.2) is 48.5 Å². The lowest BCUT2D eigenvalue weighted by Gasteiger charge is -2.11. The molecule has 4 heteroatoms. The van der Waals surface area contributed by atoms with Crippen molar-refractivity contribution in [3.63, 3.8) is 0 Å². The number of hydrogen-bond acceptors (Lipinski definition) is 2. The summed E-state index contributed by atoms with van der Waals surface area (Å²) in [6.07, 6.45) is 4.36. The van der Waals surface area contributed by atoms with E-state index in [1.807, 2.05) is 24.3 Å². The molecule has 1 saturated carbocycles. The molecule has 0 saturated heterocycles. The van der Waals surface area contributed by atoms with E-state index in [1.54, 1.807) is 12.1 Å². The molecule has 1 aliphatic rings. The van der Waals surface area contributed by atoms with Gasteiger partial charge in [-0.3, -0.25) is 4.79 Å². The van der Waals surface area contributed by atoms with Gasteiger partial charge in [-0.05, 0) is 48.2 Å². The summed E-state index contributed by atoms with van der Waals surface area (Å²) in [6.45, 7) is 0.950. The summed E-state index contributed by atoms with van der Waals surface area (Å²) in [6, 6.07) is 14.0. The maximum absolute atomic E-state index is 12.9. The van der Waals surface area contributed by atoms with Crippen LogP contribution in [0.25, 0.3) is 0 Å². The van der Waals surface area contributed by atoms with Crippen LogP contribution in [0, 0.1) is 11.7 Å². The molecule has 3 rings (SSSR count). The maximum atomic E-state index is 12.9. The molecule has 1 fully saturated rings. The summed E-state index contributed by atoms with van der Waals surface area (Å²) < 4.78 is 18.5. The summed E-state index contributed by atoms with van der Waals surface area (Å²) >= 11 is 0. The van der Waals surface area contributed by atoms with E-state index in [4.69, 9.17) is 4.74 Å². The van der Waals surface area contributed by atoms with Crippen molar-refractivity contribution in [1.29, 1.82) is 0 Å². The number of hydrogen-bond donors (Lipinski definition) is 1. The van der Waals surface area contributed by atoms with Crippen molar-refractivity contribution >= 4 is 5.91 Å². The van der Waals surface area contributed by atoms with Crippen molar-refractivity contribution in [2.45, 2.75) is 38.8 Å². The summed E-state index contributed by atoms with van der Waals surface area (Å²) in [5.74, 6) is 0.875. The lowest BCUT2D eigenvalue weighted by atomic mass is 10.1. The van der Waals surface area contributed by atoms with E-state index in [2.05, 4.69) is 5.32 Å². The van der Waals surface area contributed by atoms with Gasteiger partial charge in [0.1, 0.15) is 18.2 Å². The third-order valence-corrected chi connectivity index (χ3v) is 4.43. The van der Waals surface area contributed by atoms with Crippen molar-refractivity contribution in [2.75, 3.05) is 0 Å². The molecule has 24 heavy (non-hydrogen) atoms. The highest BCUT2D eigenvalue weighted by molar-refractivity contribution is 5.78. The van der Waals surface area contributed by atoms with Crippen LogP contribution >= 0.6 is 0 Å². The first-order valence-electron chi connectivity index (χ1n) is 8.44. The highest BCUT2D eigenvalue weighted by atomic mass is 19.1. The van der Waals surface area contributed by atoms with Crippen LogP contribution in [0.3, 0.4) is 0 Å². The molecule has 2 aromatic rings. The van der Waals surface area contributed by atoms with E-state index in [0.717, 1.165) is 42.6 Å². The normalized spacial score (nSPS) is 14.5. The molecule has 126 valence electrons. The second-order valence-electron chi connectivity index (χ2n) is 6.26. The molecule has 0 bridgehead atoms. The average Bonchev–Trinajstić information content (AvgIpc) is 3.15. The average molecular weight is 327 g/mol. The van der Waals surface area contributed by atoms with Gasteiger partial charge in [0, 0.05) is 12.5 Å². The van der Waals surface area contributed by atoms with Crippen molar-refractivity contribution < 1.29 is 13.9 Å². The molecule has 0 spiro atoms. The predicted molar refractivity (Wildman–Crippen MR) is 91.0 cm³/mol. The second kappa shape index (κ2) is 7.95. The Hall–Kier alpha value is -2.36. The first-order valence-corrected chi connectivity index (χ1v) is 8.44.